The van der Waals surface area contributed by atoms with Gasteiger partial charge in [0.25, 0.3) is 0 Å². The number of amides is 1. The minimum atomic E-state index is -0.144. The molecule has 1 aromatic carbocycles. The molecule has 5 heteroatoms. The van der Waals surface area contributed by atoms with Crippen LogP contribution in [0.1, 0.15) is 16.9 Å². The minimum absolute atomic E-state index is 0.144. The van der Waals surface area contributed by atoms with Gasteiger partial charge in [-0.15, -0.1) is 0 Å². The predicted molar refractivity (Wildman–Crippen MR) is 88.1 cm³/mol. The van der Waals surface area contributed by atoms with Crippen LogP contribution in [0.25, 0.3) is 6.08 Å². The van der Waals surface area contributed by atoms with Gasteiger partial charge >= 0.3 is 0 Å². The number of thioether (sulfide) groups is 1. The summed E-state index contributed by atoms with van der Waals surface area (Å²) in [7, 11) is 0. The van der Waals surface area contributed by atoms with Crippen molar-refractivity contribution in [1.29, 1.82) is 5.26 Å². The van der Waals surface area contributed by atoms with E-state index in [1.54, 1.807) is 36.2 Å². The van der Waals surface area contributed by atoms with Crippen molar-refractivity contribution in [2.24, 2.45) is 0 Å². The Morgan fingerprint density at radius 2 is 2.18 bits per heavy atom. The van der Waals surface area contributed by atoms with E-state index in [1.807, 2.05) is 24.3 Å². The van der Waals surface area contributed by atoms with Crippen LogP contribution >= 0.6 is 11.8 Å². The largest absolute Gasteiger partial charge is 0.465 e. The van der Waals surface area contributed by atoms with Crippen LogP contribution in [-0.4, -0.2) is 18.2 Å². The molecule has 1 amide bonds. The molecule has 4 nitrogen and oxygen atoms in total. The van der Waals surface area contributed by atoms with Crippen molar-refractivity contribution in [2.45, 2.75) is 5.75 Å². The summed E-state index contributed by atoms with van der Waals surface area (Å²) in [6.07, 6.45) is 4.65. The van der Waals surface area contributed by atoms with Crippen LogP contribution in [0.2, 0.25) is 0 Å². The summed E-state index contributed by atoms with van der Waals surface area (Å²) in [6.45, 7) is 0.584. The van der Waals surface area contributed by atoms with Crippen LogP contribution in [-0.2, 0) is 10.5 Å². The third-order valence-corrected chi connectivity index (χ3v) is 3.89. The number of carbonyl (C=O) groups excluding carboxylic acids is 1. The Balaban J connectivity index is 1.65. The molecule has 2 aromatic rings. The Morgan fingerprint density at radius 1 is 1.32 bits per heavy atom. The molecule has 0 saturated carbocycles. The van der Waals surface area contributed by atoms with Gasteiger partial charge in [-0.2, -0.15) is 17.0 Å². The fourth-order valence-electron chi connectivity index (χ4n) is 1.79. The van der Waals surface area contributed by atoms with E-state index in [-0.39, 0.29) is 5.91 Å². The molecule has 0 aliphatic heterocycles. The van der Waals surface area contributed by atoms with Crippen molar-refractivity contribution in [3.8, 4) is 6.07 Å². The van der Waals surface area contributed by atoms with E-state index >= 15 is 0 Å². The summed E-state index contributed by atoms with van der Waals surface area (Å²) in [5, 5.41) is 11.8. The zero-order valence-electron chi connectivity index (χ0n) is 12.0. The smallest absolute Gasteiger partial charge is 0.244 e. The van der Waals surface area contributed by atoms with Crippen LogP contribution in [0.15, 0.2) is 53.2 Å². The van der Waals surface area contributed by atoms with E-state index in [4.69, 9.17) is 9.68 Å². The van der Waals surface area contributed by atoms with Crippen molar-refractivity contribution in [3.63, 3.8) is 0 Å². The number of furan rings is 1. The van der Waals surface area contributed by atoms with Gasteiger partial charge in [0, 0.05) is 24.1 Å². The zero-order chi connectivity index (χ0) is 15.6. The van der Waals surface area contributed by atoms with Crippen LogP contribution in [0.3, 0.4) is 0 Å². The lowest BCUT2D eigenvalue weighted by Gasteiger charge is -2.04. The van der Waals surface area contributed by atoms with E-state index in [2.05, 4.69) is 11.4 Å². The first-order chi connectivity index (χ1) is 10.8. The highest BCUT2D eigenvalue weighted by Gasteiger charge is 2.01. The lowest BCUT2D eigenvalue weighted by molar-refractivity contribution is -0.116. The Morgan fingerprint density at radius 3 is 2.95 bits per heavy atom. The zero-order valence-corrected chi connectivity index (χ0v) is 12.8. The van der Waals surface area contributed by atoms with E-state index in [0.29, 0.717) is 17.9 Å². The standard InChI is InChI=1S/C17H16N2O2S/c18-12-14-4-1-2-5-15(14)13-22-11-9-19-17(20)8-7-16-6-3-10-21-16/h1-8,10H,9,11,13H2,(H,19,20). The monoisotopic (exact) mass is 312 g/mol. The first kappa shape index (κ1) is 15.9. The van der Waals surface area contributed by atoms with E-state index in [1.165, 1.54) is 6.08 Å². The summed E-state index contributed by atoms with van der Waals surface area (Å²) in [4.78, 5) is 11.6. The topological polar surface area (TPSA) is 66.0 Å². The maximum Gasteiger partial charge on any atom is 0.244 e. The molecule has 0 unspecified atom stereocenters. The molecule has 0 bridgehead atoms. The average Bonchev–Trinajstić information content (AvgIpc) is 3.06. The molecule has 1 heterocycles. The molecule has 0 aliphatic carbocycles. The molecular formula is C17H16N2O2S. The highest BCUT2D eigenvalue weighted by Crippen LogP contribution is 2.15. The van der Waals surface area contributed by atoms with Crippen molar-refractivity contribution in [2.75, 3.05) is 12.3 Å². The maximum atomic E-state index is 11.6. The molecule has 1 N–H and O–H groups in total. The van der Waals surface area contributed by atoms with Crippen LogP contribution in [0.4, 0.5) is 0 Å². The Bertz CT molecular complexity index is 672. The van der Waals surface area contributed by atoms with Crippen LogP contribution in [0, 0.1) is 11.3 Å². The third-order valence-electron chi connectivity index (χ3n) is 2.88. The summed E-state index contributed by atoms with van der Waals surface area (Å²) in [5.74, 6) is 2.06. The Labute approximate surface area is 133 Å². The Hall–Kier alpha value is -2.45. The molecule has 0 radical (unpaired) electrons. The summed E-state index contributed by atoms with van der Waals surface area (Å²) < 4.78 is 5.10. The normalized spacial score (nSPS) is 10.5. The lowest BCUT2D eigenvalue weighted by Crippen LogP contribution is -2.23. The van der Waals surface area contributed by atoms with Gasteiger partial charge in [0.15, 0.2) is 0 Å². The molecule has 1 aromatic heterocycles. The van der Waals surface area contributed by atoms with Gasteiger partial charge in [-0.1, -0.05) is 18.2 Å². The number of nitrogens with one attached hydrogen (secondary N) is 1. The molecule has 0 aliphatic rings. The second-order valence-electron chi connectivity index (χ2n) is 4.46. The molecule has 0 spiro atoms. The fraction of sp³-hybridized carbons (Fsp3) is 0.176. The first-order valence-electron chi connectivity index (χ1n) is 6.85. The molecule has 0 fully saturated rings. The van der Waals surface area contributed by atoms with Gasteiger partial charge in [-0.3, -0.25) is 4.79 Å². The summed E-state index contributed by atoms with van der Waals surface area (Å²) in [5.41, 5.74) is 1.74. The van der Waals surface area contributed by atoms with Gasteiger partial charge in [-0.25, -0.2) is 0 Å². The molecule has 22 heavy (non-hydrogen) atoms. The predicted octanol–water partition coefficient (Wildman–Crippen LogP) is 3.21. The Kier molecular flexibility index (Phi) is 6.34. The molecular weight excluding hydrogens is 296 g/mol. The van der Waals surface area contributed by atoms with Crippen molar-refractivity contribution in [1.82, 2.24) is 5.32 Å². The summed E-state index contributed by atoms with van der Waals surface area (Å²) in [6, 6.07) is 13.3. The SMILES string of the molecule is N#Cc1ccccc1CSCCNC(=O)C=Cc1ccco1. The quantitative estimate of drug-likeness (QED) is 0.630. The van der Waals surface area contributed by atoms with Crippen LogP contribution in [0.5, 0.6) is 0 Å². The minimum Gasteiger partial charge on any atom is -0.465 e. The second kappa shape index (κ2) is 8.75. The number of nitriles is 1. The fourth-order valence-corrected chi connectivity index (χ4v) is 2.65. The average molecular weight is 312 g/mol. The van der Waals surface area contributed by atoms with Crippen molar-refractivity contribution < 1.29 is 9.21 Å². The van der Waals surface area contributed by atoms with Gasteiger partial charge in [-0.05, 0) is 29.8 Å². The van der Waals surface area contributed by atoms with Crippen LogP contribution < -0.4 is 5.32 Å². The molecule has 112 valence electrons. The number of hydrogen-bond donors (Lipinski definition) is 1. The van der Waals surface area contributed by atoms with Gasteiger partial charge < -0.3 is 9.73 Å². The number of benzene rings is 1. The number of nitrogens with zero attached hydrogens (tertiary/aromatic N) is 1. The van der Waals surface area contributed by atoms with Gasteiger partial charge in [0.05, 0.1) is 17.9 Å². The first-order valence-corrected chi connectivity index (χ1v) is 8.00. The van der Waals surface area contributed by atoms with E-state index < -0.39 is 0 Å². The maximum absolute atomic E-state index is 11.6. The van der Waals surface area contributed by atoms with E-state index in [9.17, 15) is 4.79 Å². The third kappa shape index (κ3) is 5.15. The highest BCUT2D eigenvalue weighted by molar-refractivity contribution is 7.98. The second-order valence-corrected chi connectivity index (χ2v) is 5.57. The summed E-state index contributed by atoms with van der Waals surface area (Å²) >= 11 is 1.69. The number of hydrogen-bond acceptors (Lipinski definition) is 4. The molecule has 0 atom stereocenters. The highest BCUT2D eigenvalue weighted by atomic mass is 32.2. The molecule has 2 rings (SSSR count). The van der Waals surface area contributed by atoms with Gasteiger partial charge in [0.2, 0.25) is 5.91 Å². The number of rotatable bonds is 7. The van der Waals surface area contributed by atoms with Crippen molar-refractivity contribution >= 4 is 23.7 Å². The lowest BCUT2D eigenvalue weighted by atomic mass is 10.1. The molecule has 0 saturated heterocycles. The van der Waals surface area contributed by atoms with Crippen molar-refractivity contribution in [3.05, 3.63) is 65.6 Å². The van der Waals surface area contributed by atoms with E-state index in [0.717, 1.165) is 17.1 Å². The number of carbonyl (C=O) groups is 1. The van der Waals surface area contributed by atoms with Gasteiger partial charge in [0.1, 0.15) is 5.76 Å².